The van der Waals surface area contributed by atoms with E-state index in [1.54, 1.807) is 11.0 Å². The topological polar surface area (TPSA) is 99.9 Å². The minimum Gasteiger partial charge on any atom is -0.396 e. The van der Waals surface area contributed by atoms with Gasteiger partial charge in [0.1, 0.15) is 5.56 Å². The lowest BCUT2D eigenvalue weighted by molar-refractivity contribution is -0.0449. The minimum absolute atomic E-state index is 0.0578. The zero-order valence-corrected chi connectivity index (χ0v) is 13.4. The molecule has 0 aromatic carbocycles. The highest BCUT2D eigenvalue weighted by Crippen LogP contribution is 2.34. The summed E-state index contributed by atoms with van der Waals surface area (Å²) < 4.78 is 7.04. The second-order valence-corrected chi connectivity index (χ2v) is 6.60. The Bertz CT molecular complexity index is 842. The molecule has 2 aliphatic rings. The van der Waals surface area contributed by atoms with E-state index in [1.807, 2.05) is 6.92 Å². The number of hydrogen-bond donors (Lipinski definition) is 2. The highest BCUT2D eigenvalue weighted by molar-refractivity contribution is 5.94. The number of aryl methyl sites for hydroxylation is 1. The lowest BCUT2D eigenvalue weighted by Crippen LogP contribution is -2.52. The van der Waals surface area contributed by atoms with Crippen LogP contribution in [0.5, 0.6) is 0 Å². The highest BCUT2D eigenvalue weighted by atomic mass is 16.5. The third-order valence-corrected chi connectivity index (χ3v) is 5.01. The lowest BCUT2D eigenvalue weighted by atomic mass is 10.1. The molecule has 8 heteroatoms. The number of aromatic amines is 1. The fraction of sp³-hybridized carbons (Fsp3) is 0.562. The Morgan fingerprint density at radius 2 is 2.33 bits per heavy atom. The van der Waals surface area contributed by atoms with Gasteiger partial charge < -0.3 is 14.7 Å². The van der Waals surface area contributed by atoms with E-state index >= 15 is 0 Å². The Hall–Kier alpha value is -2.19. The maximum atomic E-state index is 12.9. The number of morpholine rings is 1. The van der Waals surface area contributed by atoms with Crippen LogP contribution >= 0.6 is 0 Å². The maximum absolute atomic E-state index is 12.9. The lowest BCUT2D eigenvalue weighted by Gasteiger charge is -2.37. The molecule has 1 aliphatic carbocycles. The summed E-state index contributed by atoms with van der Waals surface area (Å²) in [5.41, 5.74) is 0.965. The summed E-state index contributed by atoms with van der Waals surface area (Å²) in [6.07, 6.45) is 2.74. The Morgan fingerprint density at radius 1 is 1.50 bits per heavy atom. The average Bonchev–Trinajstić information content (AvgIpc) is 3.17. The van der Waals surface area contributed by atoms with Crippen LogP contribution in [0.2, 0.25) is 0 Å². The number of rotatable bonds is 2. The van der Waals surface area contributed by atoms with Gasteiger partial charge in [-0.2, -0.15) is 0 Å². The Balaban J connectivity index is 1.68. The van der Waals surface area contributed by atoms with Gasteiger partial charge in [-0.25, -0.2) is 9.50 Å². The molecule has 0 bridgehead atoms. The van der Waals surface area contributed by atoms with Crippen molar-refractivity contribution in [1.82, 2.24) is 19.5 Å². The van der Waals surface area contributed by atoms with Gasteiger partial charge in [-0.3, -0.25) is 14.7 Å². The van der Waals surface area contributed by atoms with Crippen molar-refractivity contribution in [3.63, 3.8) is 0 Å². The summed E-state index contributed by atoms with van der Waals surface area (Å²) in [7, 11) is 0. The first-order valence-corrected chi connectivity index (χ1v) is 8.19. The summed E-state index contributed by atoms with van der Waals surface area (Å²) in [5, 5.41) is 12.3. The van der Waals surface area contributed by atoms with Crippen LogP contribution in [0, 0.1) is 12.8 Å². The molecule has 0 radical (unpaired) electrons. The van der Waals surface area contributed by atoms with Gasteiger partial charge in [0.2, 0.25) is 0 Å². The predicted octanol–water partition coefficient (Wildman–Crippen LogP) is -0.0571. The van der Waals surface area contributed by atoms with Crippen LogP contribution in [0.1, 0.15) is 28.9 Å². The third-order valence-electron chi connectivity index (χ3n) is 5.01. The minimum atomic E-state index is -0.391. The van der Waals surface area contributed by atoms with Gasteiger partial charge in [0.25, 0.3) is 11.5 Å². The van der Waals surface area contributed by atoms with Crippen molar-refractivity contribution in [3.05, 3.63) is 33.9 Å². The number of amides is 1. The Kier molecular flexibility index (Phi) is 3.65. The molecule has 2 aromatic heterocycles. The van der Waals surface area contributed by atoms with E-state index in [-0.39, 0.29) is 36.1 Å². The number of nitrogens with zero attached hydrogens (tertiary/aromatic N) is 3. The van der Waals surface area contributed by atoms with E-state index in [0.717, 1.165) is 12.1 Å². The van der Waals surface area contributed by atoms with Gasteiger partial charge in [0, 0.05) is 31.1 Å². The van der Waals surface area contributed by atoms with Crippen molar-refractivity contribution >= 4 is 11.6 Å². The summed E-state index contributed by atoms with van der Waals surface area (Å²) in [5.74, 6) is -0.174. The second-order valence-electron chi connectivity index (χ2n) is 6.60. The molecule has 0 unspecified atom stereocenters. The predicted molar refractivity (Wildman–Crippen MR) is 84.9 cm³/mol. The SMILES string of the molecule is Cc1cc2ncc(C(=O)N3CCO[C@H]4C[C@H](CO)C[C@@H]43)c(=O)n2[nH]1. The molecule has 24 heavy (non-hydrogen) atoms. The first-order chi connectivity index (χ1) is 11.6. The molecule has 1 saturated carbocycles. The number of ether oxygens (including phenoxy) is 1. The van der Waals surface area contributed by atoms with E-state index in [1.165, 1.54) is 10.7 Å². The zero-order valence-electron chi connectivity index (χ0n) is 13.4. The van der Waals surface area contributed by atoms with E-state index in [9.17, 15) is 14.7 Å². The number of carbonyl (C=O) groups excluding carboxylic acids is 1. The average molecular weight is 332 g/mol. The molecule has 4 rings (SSSR count). The van der Waals surface area contributed by atoms with Crippen molar-refractivity contribution < 1.29 is 14.6 Å². The number of nitrogens with one attached hydrogen (secondary N) is 1. The quantitative estimate of drug-likeness (QED) is 0.803. The van der Waals surface area contributed by atoms with Crippen molar-refractivity contribution in [2.75, 3.05) is 19.8 Å². The van der Waals surface area contributed by atoms with Crippen molar-refractivity contribution in [2.24, 2.45) is 5.92 Å². The molecular formula is C16H20N4O4. The largest absolute Gasteiger partial charge is 0.396 e. The monoisotopic (exact) mass is 332 g/mol. The number of hydrogen-bond acceptors (Lipinski definition) is 5. The van der Waals surface area contributed by atoms with E-state index in [0.29, 0.717) is 25.2 Å². The molecule has 0 spiro atoms. The third kappa shape index (κ3) is 2.33. The van der Waals surface area contributed by atoms with Crippen LogP contribution in [0.3, 0.4) is 0 Å². The van der Waals surface area contributed by atoms with Gasteiger partial charge in [0.05, 0.1) is 18.8 Å². The van der Waals surface area contributed by atoms with Crippen LogP contribution in [-0.4, -0.2) is 62.4 Å². The highest BCUT2D eigenvalue weighted by Gasteiger charge is 2.43. The molecule has 128 valence electrons. The number of aromatic nitrogens is 3. The van der Waals surface area contributed by atoms with Gasteiger partial charge in [0.15, 0.2) is 5.65 Å². The van der Waals surface area contributed by atoms with Crippen LogP contribution in [0.15, 0.2) is 17.1 Å². The van der Waals surface area contributed by atoms with E-state index < -0.39 is 5.56 Å². The molecule has 8 nitrogen and oxygen atoms in total. The maximum Gasteiger partial charge on any atom is 0.285 e. The number of aliphatic hydroxyl groups excluding tert-OH is 1. The first-order valence-electron chi connectivity index (χ1n) is 8.19. The van der Waals surface area contributed by atoms with Crippen LogP contribution in [-0.2, 0) is 4.74 Å². The smallest absolute Gasteiger partial charge is 0.285 e. The summed E-state index contributed by atoms with van der Waals surface area (Å²) in [4.78, 5) is 31.5. The van der Waals surface area contributed by atoms with Crippen LogP contribution in [0.4, 0.5) is 0 Å². The molecule has 2 fully saturated rings. The molecule has 3 heterocycles. The van der Waals surface area contributed by atoms with Crippen molar-refractivity contribution in [3.8, 4) is 0 Å². The molecule has 2 N–H and O–H groups in total. The molecular weight excluding hydrogens is 312 g/mol. The number of H-pyrrole nitrogens is 1. The van der Waals surface area contributed by atoms with Gasteiger partial charge in [-0.1, -0.05) is 0 Å². The fourth-order valence-corrected chi connectivity index (χ4v) is 3.83. The number of aliphatic hydroxyl groups is 1. The summed E-state index contributed by atoms with van der Waals surface area (Å²) in [6.45, 7) is 2.82. The van der Waals surface area contributed by atoms with Crippen LogP contribution < -0.4 is 5.56 Å². The second kappa shape index (κ2) is 5.71. The Labute approximate surface area is 138 Å². The standard InChI is InChI=1S/C16H20N4O4/c1-9-4-14-17-7-11(16(23)20(14)18-9)15(22)19-2-3-24-13-6-10(8-21)5-12(13)19/h4,7,10,12-13,18,21H,2-3,5-6,8H2,1H3/t10-,12+,13+/m1/s1. The van der Waals surface area contributed by atoms with Gasteiger partial charge in [-0.15, -0.1) is 0 Å². The molecule has 2 aromatic rings. The summed E-state index contributed by atoms with van der Waals surface area (Å²) >= 11 is 0. The first kappa shape index (κ1) is 15.3. The van der Waals surface area contributed by atoms with Crippen LogP contribution in [0.25, 0.3) is 5.65 Å². The Morgan fingerprint density at radius 3 is 3.12 bits per heavy atom. The summed E-state index contributed by atoms with van der Waals surface area (Å²) in [6, 6.07) is 1.66. The van der Waals surface area contributed by atoms with Crippen molar-refractivity contribution in [2.45, 2.75) is 31.9 Å². The number of carbonyl (C=O) groups is 1. The van der Waals surface area contributed by atoms with E-state index in [2.05, 4.69) is 10.1 Å². The molecule has 1 aliphatic heterocycles. The molecule has 3 atom stereocenters. The van der Waals surface area contributed by atoms with Crippen molar-refractivity contribution in [1.29, 1.82) is 0 Å². The normalized spacial score (nSPS) is 26.8. The molecule has 1 amide bonds. The zero-order chi connectivity index (χ0) is 16.8. The molecule has 1 saturated heterocycles. The van der Waals surface area contributed by atoms with Gasteiger partial charge >= 0.3 is 0 Å². The number of fused-ring (bicyclic) bond motifs is 2. The fourth-order valence-electron chi connectivity index (χ4n) is 3.83. The van der Waals surface area contributed by atoms with E-state index in [4.69, 9.17) is 4.74 Å². The van der Waals surface area contributed by atoms with Gasteiger partial charge in [-0.05, 0) is 25.7 Å².